The Labute approximate surface area is 456 Å². The van der Waals surface area contributed by atoms with Crippen molar-refractivity contribution in [1.29, 1.82) is 0 Å². The molecule has 0 aliphatic heterocycles. The molecule has 0 aromatic heterocycles. The van der Waals surface area contributed by atoms with Crippen molar-refractivity contribution < 1.29 is 19.8 Å². The monoisotopic (exact) mass is 1020 g/mol. The number of unbranched alkanes of at least 4 members (excludes halogenated alkanes) is 21. The molecule has 0 atom stereocenters. The second-order valence-corrected chi connectivity index (χ2v) is 22.1. The van der Waals surface area contributed by atoms with Crippen molar-refractivity contribution in [1.82, 2.24) is 0 Å². The predicted octanol–water partition coefficient (Wildman–Crippen LogP) is 25.4. The normalized spacial score (nSPS) is 15.5. The Morgan fingerprint density at radius 1 is 0.236 bits per heavy atom. The average Bonchev–Trinajstić information content (AvgIpc) is 3.39. The summed E-state index contributed by atoms with van der Waals surface area (Å²) >= 11 is 0. The lowest BCUT2D eigenvalue weighted by Crippen LogP contribution is -1.92. The molecule has 0 heterocycles. The molecule has 0 unspecified atom stereocenters. The largest absolute Gasteiger partial charge is 0.478 e. The summed E-state index contributed by atoms with van der Waals surface area (Å²) in [5.74, 6) is -1.87. The van der Waals surface area contributed by atoms with Gasteiger partial charge < -0.3 is 10.2 Å². The first kappa shape index (κ1) is 79.3. The second kappa shape index (κ2) is 78.3. The predicted molar refractivity (Wildman–Crippen MR) is 328 cm³/mol. The van der Waals surface area contributed by atoms with E-state index in [-0.39, 0.29) is 11.1 Å². The van der Waals surface area contributed by atoms with Gasteiger partial charge in [0.2, 0.25) is 0 Å². The van der Waals surface area contributed by atoms with Crippen LogP contribution in [0.25, 0.3) is 0 Å². The maximum atomic E-state index is 9.60. The van der Waals surface area contributed by atoms with Crippen molar-refractivity contribution in [3.05, 3.63) is 24.3 Å². The number of carboxylic acids is 2. The molecule has 0 radical (unpaired) electrons. The summed E-state index contributed by atoms with van der Waals surface area (Å²) in [7, 11) is 0. The minimum absolute atomic E-state index is 0.176. The van der Waals surface area contributed by atoms with Gasteiger partial charge in [0.1, 0.15) is 0 Å². The molecule has 2 N–H and O–H groups in total. The van der Waals surface area contributed by atoms with Crippen LogP contribution in [0, 0.1) is 0 Å². The molecule has 0 saturated heterocycles. The van der Waals surface area contributed by atoms with Crippen LogP contribution in [0.1, 0.15) is 402 Å². The third-order valence-corrected chi connectivity index (χ3v) is 14.1. The van der Waals surface area contributed by atoms with E-state index >= 15 is 0 Å². The SMILES string of the molecule is C1CCCCCCCCC1.C1CCCCCCCCC1.C1CCCCCCCCC1.C=C(C)C(=O)O.C=C(C)C(=O)O.CCCCCCCCCC.CCCCCCCCCC.CCCCCCCCCC. The van der Waals surface area contributed by atoms with Crippen LogP contribution in [0.15, 0.2) is 24.3 Å². The fourth-order valence-electron chi connectivity index (χ4n) is 8.92. The van der Waals surface area contributed by atoms with E-state index in [9.17, 15) is 9.59 Å². The fraction of sp³-hybridized carbons (Fsp3) is 0.912. The second-order valence-electron chi connectivity index (χ2n) is 22.1. The van der Waals surface area contributed by atoms with Crippen LogP contribution in [0.4, 0.5) is 0 Å². The molecule has 0 amide bonds. The molecular formula is C68H138O4. The Balaban J connectivity index is -0.000000239. The highest BCUT2D eigenvalue weighted by Crippen LogP contribution is 2.18. The van der Waals surface area contributed by atoms with E-state index in [0.29, 0.717) is 0 Å². The molecular weight excluding hydrogens is 881 g/mol. The van der Waals surface area contributed by atoms with Crippen molar-refractivity contribution in [2.24, 2.45) is 0 Å². The van der Waals surface area contributed by atoms with Gasteiger partial charge >= 0.3 is 11.9 Å². The molecule has 3 fully saturated rings. The molecule has 3 saturated carbocycles. The molecule has 72 heavy (non-hydrogen) atoms. The Kier molecular flexibility index (Phi) is 86.2. The van der Waals surface area contributed by atoms with Gasteiger partial charge in [0.25, 0.3) is 0 Å². The molecule has 0 bridgehead atoms. The molecule has 3 rings (SSSR count). The number of hydrogen-bond acceptors (Lipinski definition) is 2. The first-order valence-electron chi connectivity index (χ1n) is 32.8. The Bertz CT molecular complexity index is 730. The summed E-state index contributed by atoms with van der Waals surface area (Å²) < 4.78 is 0. The van der Waals surface area contributed by atoms with E-state index in [0.717, 1.165) is 0 Å². The van der Waals surface area contributed by atoms with Gasteiger partial charge in [-0.05, 0) is 13.8 Å². The average molecular weight is 1020 g/mol. The summed E-state index contributed by atoms with van der Waals surface area (Å²) in [5, 5.41) is 15.8. The lowest BCUT2D eigenvalue weighted by atomic mass is 10.0. The lowest BCUT2D eigenvalue weighted by Gasteiger charge is -2.05. The zero-order valence-corrected chi connectivity index (χ0v) is 51.3. The van der Waals surface area contributed by atoms with Crippen LogP contribution >= 0.6 is 0 Å². The summed E-state index contributed by atoms with van der Waals surface area (Å²) in [6.45, 7) is 22.8. The zero-order valence-electron chi connectivity index (χ0n) is 51.3. The summed E-state index contributed by atoms with van der Waals surface area (Å²) in [6.07, 6.45) is 79.4. The zero-order chi connectivity index (χ0) is 54.5. The van der Waals surface area contributed by atoms with Crippen LogP contribution in [0.2, 0.25) is 0 Å². The first-order valence-corrected chi connectivity index (χ1v) is 32.8. The van der Waals surface area contributed by atoms with E-state index in [4.69, 9.17) is 10.2 Å². The van der Waals surface area contributed by atoms with E-state index < -0.39 is 11.9 Å². The number of carbonyl (C=O) groups is 2. The number of aliphatic carboxylic acids is 2. The van der Waals surface area contributed by atoms with Gasteiger partial charge in [0.15, 0.2) is 0 Å². The highest BCUT2D eigenvalue weighted by molar-refractivity contribution is 5.85. The summed E-state index contributed by atoms with van der Waals surface area (Å²) in [6, 6.07) is 0. The van der Waals surface area contributed by atoms with Crippen LogP contribution in [0.5, 0.6) is 0 Å². The summed E-state index contributed by atoms with van der Waals surface area (Å²) in [4.78, 5) is 19.2. The topological polar surface area (TPSA) is 74.6 Å². The number of hydrogen-bond donors (Lipinski definition) is 2. The fourth-order valence-corrected chi connectivity index (χ4v) is 8.92. The summed E-state index contributed by atoms with van der Waals surface area (Å²) in [5.41, 5.74) is 0.352. The van der Waals surface area contributed by atoms with Gasteiger partial charge in [0.05, 0.1) is 0 Å². The minimum Gasteiger partial charge on any atom is -0.478 e. The number of carboxylic acid groups (broad SMARTS) is 2. The van der Waals surface area contributed by atoms with Gasteiger partial charge in [-0.1, -0.05) is 401 Å². The Morgan fingerprint density at radius 2 is 0.306 bits per heavy atom. The van der Waals surface area contributed by atoms with E-state index in [1.807, 2.05) is 0 Å². The first-order chi connectivity index (χ1) is 35.0. The standard InChI is InChI=1S/3C10H20.3C10H22.2C4H6O2/c3*1-2-4-6-8-10-9-7-5-3-1;3*1-3-5-7-9-10-8-6-4-2;2*1-3(2)4(5)6/h3*1-10H2;3*3-10H2,1-2H3;2*1H2,2H3,(H,5,6). The van der Waals surface area contributed by atoms with Gasteiger partial charge in [-0.3, -0.25) is 0 Å². The lowest BCUT2D eigenvalue weighted by molar-refractivity contribution is -0.133. The van der Waals surface area contributed by atoms with E-state index in [1.165, 1.54) is 361 Å². The van der Waals surface area contributed by atoms with Crippen molar-refractivity contribution in [2.75, 3.05) is 0 Å². The van der Waals surface area contributed by atoms with E-state index in [1.54, 1.807) is 0 Å². The molecule has 3 aliphatic carbocycles. The van der Waals surface area contributed by atoms with E-state index in [2.05, 4.69) is 54.7 Å². The highest BCUT2D eigenvalue weighted by Gasteiger charge is 1.99. The van der Waals surface area contributed by atoms with Crippen molar-refractivity contribution >= 4 is 11.9 Å². The Hall–Kier alpha value is -1.58. The quantitative estimate of drug-likeness (QED) is 0.0790. The van der Waals surface area contributed by atoms with Gasteiger partial charge in [-0.2, -0.15) is 0 Å². The third kappa shape index (κ3) is 94.3. The molecule has 4 nitrogen and oxygen atoms in total. The molecule has 4 heteroatoms. The van der Waals surface area contributed by atoms with Gasteiger partial charge in [-0.25, -0.2) is 9.59 Å². The van der Waals surface area contributed by atoms with Crippen molar-refractivity contribution in [3.8, 4) is 0 Å². The van der Waals surface area contributed by atoms with Crippen LogP contribution in [-0.4, -0.2) is 22.2 Å². The third-order valence-electron chi connectivity index (χ3n) is 14.1. The van der Waals surface area contributed by atoms with Crippen LogP contribution in [0.3, 0.4) is 0 Å². The van der Waals surface area contributed by atoms with Crippen molar-refractivity contribution in [3.63, 3.8) is 0 Å². The van der Waals surface area contributed by atoms with Gasteiger partial charge in [0, 0.05) is 11.1 Å². The molecule has 0 aromatic carbocycles. The minimum atomic E-state index is -0.935. The van der Waals surface area contributed by atoms with Crippen molar-refractivity contribution in [2.45, 2.75) is 402 Å². The smallest absolute Gasteiger partial charge is 0.330 e. The Morgan fingerprint density at radius 3 is 0.361 bits per heavy atom. The molecule has 0 spiro atoms. The number of rotatable bonds is 23. The highest BCUT2D eigenvalue weighted by atomic mass is 16.4. The van der Waals surface area contributed by atoms with Crippen LogP contribution in [-0.2, 0) is 9.59 Å². The maximum absolute atomic E-state index is 9.60. The van der Waals surface area contributed by atoms with Crippen LogP contribution < -0.4 is 0 Å². The maximum Gasteiger partial charge on any atom is 0.330 e. The van der Waals surface area contributed by atoms with Gasteiger partial charge in [-0.15, -0.1) is 0 Å². The molecule has 434 valence electrons. The molecule has 3 aliphatic rings. The molecule has 0 aromatic rings.